The van der Waals surface area contributed by atoms with Gasteiger partial charge in [-0.05, 0) is 37.3 Å². The van der Waals surface area contributed by atoms with Crippen molar-refractivity contribution in [2.24, 2.45) is 11.3 Å². The molecule has 16 heavy (non-hydrogen) atoms. The maximum atomic E-state index is 11.9. The molecule has 0 spiro atoms. The van der Waals surface area contributed by atoms with E-state index >= 15 is 0 Å². The van der Waals surface area contributed by atoms with Crippen LogP contribution >= 0.6 is 0 Å². The lowest BCUT2D eigenvalue weighted by atomic mass is 9.92. The fraction of sp³-hybridized carbons (Fsp3) is 1.00. The van der Waals surface area contributed by atoms with Gasteiger partial charge in [-0.3, -0.25) is 0 Å². The van der Waals surface area contributed by atoms with Crippen LogP contribution in [-0.4, -0.2) is 37.8 Å². The van der Waals surface area contributed by atoms with E-state index in [0.717, 1.165) is 32.5 Å². The van der Waals surface area contributed by atoms with Gasteiger partial charge in [0, 0.05) is 6.54 Å². The van der Waals surface area contributed by atoms with E-state index in [9.17, 15) is 8.78 Å². The minimum Gasteiger partial charge on any atom is -0.323 e. The Morgan fingerprint density at radius 2 is 1.81 bits per heavy atom. The molecule has 1 fully saturated rings. The number of nitrogens with zero attached hydrogens (tertiary/aromatic N) is 1. The lowest BCUT2D eigenvalue weighted by Crippen LogP contribution is -2.40. The van der Waals surface area contributed by atoms with E-state index in [1.54, 1.807) is 0 Å². The monoisotopic (exact) mass is 235 g/mol. The first-order valence-electron chi connectivity index (χ1n) is 5.99. The van der Waals surface area contributed by atoms with Crippen LogP contribution in [0, 0.1) is 11.3 Å². The maximum absolute atomic E-state index is 11.9. The third-order valence-corrected chi connectivity index (χ3v) is 2.86. The molecule has 1 saturated heterocycles. The lowest BCUT2D eigenvalue weighted by molar-refractivity contribution is -0.141. The Bertz CT molecular complexity index is 196. The second-order valence-electron chi connectivity index (χ2n) is 5.87. The summed E-state index contributed by atoms with van der Waals surface area (Å²) in [5.41, 5.74) is 0.312. The second kappa shape index (κ2) is 5.92. The SMILES string of the molecule is CC(C)(C)CN1CCC(COC(F)F)CC1. The third-order valence-electron chi connectivity index (χ3n) is 2.86. The van der Waals surface area contributed by atoms with E-state index in [0.29, 0.717) is 11.3 Å². The minimum atomic E-state index is -2.62. The van der Waals surface area contributed by atoms with Gasteiger partial charge < -0.3 is 9.64 Å². The largest absolute Gasteiger partial charge is 0.345 e. The second-order valence-corrected chi connectivity index (χ2v) is 5.87. The quantitative estimate of drug-likeness (QED) is 0.742. The molecule has 0 amide bonds. The fourth-order valence-corrected chi connectivity index (χ4v) is 2.19. The maximum Gasteiger partial charge on any atom is 0.345 e. The Morgan fingerprint density at radius 3 is 2.25 bits per heavy atom. The van der Waals surface area contributed by atoms with Gasteiger partial charge in [-0.25, -0.2) is 0 Å². The first-order valence-corrected chi connectivity index (χ1v) is 5.99. The summed E-state index contributed by atoms with van der Waals surface area (Å²) in [5.74, 6) is 0.310. The molecule has 0 saturated carbocycles. The molecular formula is C12H23F2NO. The highest BCUT2D eigenvalue weighted by Crippen LogP contribution is 2.22. The van der Waals surface area contributed by atoms with Gasteiger partial charge in [0.1, 0.15) is 0 Å². The van der Waals surface area contributed by atoms with E-state index in [2.05, 4.69) is 30.4 Å². The number of alkyl halides is 2. The van der Waals surface area contributed by atoms with Crippen molar-refractivity contribution in [2.75, 3.05) is 26.2 Å². The highest BCUT2D eigenvalue weighted by atomic mass is 19.3. The van der Waals surface area contributed by atoms with Crippen molar-refractivity contribution < 1.29 is 13.5 Å². The Kier molecular flexibility index (Phi) is 5.12. The predicted molar refractivity (Wildman–Crippen MR) is 60.6 cm³/mol. The van der Waals surface area contributed by atoms with E-state index in [4.69, 9.17) is 0 Å². The van der Waals surface area contributed by atoms with Crippen molar-refractivity contribution in [3.05, 3.63) is 0 Å². The average molecular weight is 235 g/mol. The molecule has 1 aliphatic rings. The Balaban J connectivity index is 2.18. The fourth-order valence-electron chi connectivity index (χ4n) is 2.19. The number of rotatable bonds is 4. The molecular weight excluding hydrogens is 212 g/mol. The molecule has 1 rings (SSSR count). The van der Waals surface area contributed by atoms with E-state index < -0.39 is 6.61 Å². The topological polar surface area (TPSA) is 12.5 Å². The van der Waals surface area contributed by atoms with Crippen LogP contribution in [0.5, 0.6) is 0 Å². The predicted octanol–water partition coefficient (Wildman–Crippen LogP) is 2.98. The van der Waals surface area contributed by atoms with Crippen LogP contribution in [0.4, 0.5) is 8.78 Å². The van der Waals surface area contributed by atoms with Gasteiger partial charge in [0.05, 0.1) is 6.61 Å². The van der Waals surface area contributed by atoms with Crippen molar-refractivity contribution in [1.29, 1.82) is 0 Å². The van der Waals surface area contributed by atoms with Crippen molar-refractivity contribution >= 4 is 0 Å². The molecule has 0 atom stereocenters. The zero-order valence-corrected chi connectivity index (χ0v) is 10.5. The summed E-state index contributed by atoms with van der Waals surface area (Å²) in [4.78, 5) is 2.42. The van der Waals surface area contributed by atoms with Crippen LogP contribution in [-0.2, 0) is 4.74 Å². The Hall–Kier alpha value is -0.220. The molecule has 2 nitrogen and oxygen atoms in total. The van der Waals surface area contributed by atoms with Crippen LogP contribution in [0.2, 0.25) is 0 Å². The van der Waals surface area contributed by atoms with Crippen LogP contribution in [0.15, 0.2) is 0 Å². The summed E-state index contributed by atoms with van der Waals surface area (Å²) in [6, 6.07) is 0. The van der Waals surface area contributed by atoms with Gasteiger partial charge in [-0.1, -0.05) is 20.8 Å². The molecule has 0 radical (unpaired) electrons. The summed E-state index contributed by atoms with van der Waals surface area (Å²) in [5, 5.41) is 0. The van der Waals surface area contributed by atoms with Gasteiger partial charge in [-0.2, -0.15) is 8.78 Å². The average Bonchev–Trinajstić information content (AvgIpc) is 2.14. The summed E-state index contributed by atoms with van der Waals surface area (Å²) < 4.78 is 28.1. The third kappa shape index (κ3) is 5.75. The molecule has 1 heterocycles. The van der Waals surface area contributed by atoms with Gasteiger partial charge in [0.25, 0.3) is 0 Å². The van der Waals surface area contributed by atoms with Crippen LogP contribution in [0.25, 0.3) is 0 Å². The molecule has 0 aromatic carbocycles. The summed E-state index contributed by atoms with van der Waals surface area (Å²) in [6.07, 6.45) is 1.95. The van der Waals surface area contributed by atoms with Crippen molar-refractivity contribution in [3.63, 3.8) is 0 Å². The normalized spacial score (nSPS) is 20.6. The first kappa shape index (κ1) is 13.8. The zero-order valence-electron chi connectivity index (χ0n) is 10.5. The van der Waals surface area contributed by atoms with Gasteiger partial charge >= 0.3 is 6.61 Å². The van der Waals surface area contributed by atoms with Crippen molar-refractivity contribution in [1.82, 2.24) is 4.90 Å². The van der Waals surface area contributed by atoms with E-state index in [1.165, 1.54) is 0 Å². The number of piperidine rings is 1. The first-order chi connectivity index (χ1) is 7.37. The molecule has 4 heteroatoms. The molecule has 0 aromatic heterocycles. The van der Waals surface area contributed by atoms with Gasteiger partial charge in [0.2, 0.25) is 0 Å². The number of hydrogen-bond acceptors (Lipinski definition) is 2. The molecule has 0 N–H and O–H groups in total. The number of halogens is 2. The van der Waals surface area contributed by atoms with Gasteiger partial charge in [0.15, 0.2) is 0 Å². The van der Waals surface area contributed by atoms with Gasteiger partial charge in [-0.15, -0.1) is 0 Å². The van der Waals surface area contributed by atoms with Crippen LogP contribution in [0.1, 0.15) is 33.6 Å². The smallest absolute Gasteiger partial charge is 0.323 e. The molecule has 96 valence electrons. The summed E-state index contributed by atoms with van der Waals surface area (Å²) in [6.45, 7) is 7.35. The Morgan fingerprint density at radius 1 is 1.25 bits per heavy atom. The zero-order chi connectivity index (χ0) is 12.2. The molecule has 1 aliphatic heterocycles. The lowest BCUT2D eigenvalue weighted by Gasteiger charge is -2.35. The van der Waals surface area contributed by atoms with Crippen molar-refractivity contribution in [3.8, 4) is 0 Å². The van der Waals surface area contributed by atoms with E-state index in [-0.39, 0.29) is 6.61 Å². The molecule has 0 aliphatic carbocycles. The number of likely N-dealkylation sites (tertiary alicyclic amines) is 1. The highest BCUT2D eigenvalue weighted by molar-refractivity contribution is 4.76. The number of ether oxygens (including phenoxy) is 1. The molecule has 0 bridgehead atoms. The summed E-state index contributed by atoms with van der Waals surface area (Å²) in [7, 11) is 0. The molecule has 0 unspecified atom stereocenters. The van der Waals surface area contributed by atoms with Crippen LogP contribution < -0.4 is 0 Å². The standard InChI is InChI=1S/C12H23F2NO/c1-12(2,3)9-15-6-4-10(5-7-15)8-16-11(13)14/h10-11H,4-9H2,1-3H3. The number of hydrogen-bond donors (Lipinski definition) is 0. The molecule has 0 aromatic rings. The van der Waals surface area contributed by atoms with Crippen LogP contribution in [0.3, 0.4) is 0 Å². The van der Waals surface area contributed by atoms with E-state index in [1.807, 2.05) is 0 Å². The van der Waals surface area contributed by atoms with Crippen molar-refractivity contribution in [2.45, 2.75) is 40.2 Å². The Labute approximate surface area is 97.0 Å². The summed E-state index contributed by atoms with van der Waals surface area (Å²) >= 11 is 0. The minimum absolute atomic E-state index is 0.209. The highest BCUT2D eigenvalue weighted by Gasteiger charge is 2.23.